The lowest BCUT2D eigenvalue weighted by atomic mass is 10.1. The number of carbonyl (C=O) groups excluding carboxylic acids is 2. The van der Waals surface area contributed by atoms with Gasteiger partial charge in [-0.1, -0.05) is 54.2 Å². The number of rotatable bonds is 6. The largest absolute Gasteiger partial charge is 0.301 e. The Morgan fingerprint density at radius 1 is 0.963 bits per heavy atom. The minimum Gasteiger partial charge on any atom is -0.301 e. The maximum absolute atomic E-state index is 12.4. The van der Waals surface area contributed by atoms with E-state index in [0.717, 1.165) is 5.16 Å². The summed E-state index contributed by atoms with van der Waals surface area (Å²) in [7, 11) is 0. The number of nitrogens with zero attached hydrogens (tertiary/aromatic N) is 4. The molecule has 0 bridgehead atoms. The molecule has 27 heavy (non-hydrogen) atoms. The van der Waals surface area contributed by atoms with Crippen LogP contribution < -0.4 is 0 Å². The van der Waals surface area contributed by atoms with E-state index < -0.39 is 0 Å². The lowest BCUT2D eigenvalue weighted by molar-refractivity contribution is 0.0664. The first-order chi connectivity index (χ1) is 13.2. The van der Waals surface area contributed by atoms with Gasteiger partial charge in [-0.05, 0) is 24.6 Å². The van der Waals surface area contributed by atoms with Crippen molar-refractivity contribution in [3.8, 4) is 0 Å². The van der Waals surface area contributed by atoms with Gasteiger partial charge in [-0.25, -0.2) is 0 Å². The monoisotopic (exact) mass is 378 g/mol. The molecule has 2 heterocycles. The summed E-state index contributed by atoms with van der Waals surface area (Å²) in [4.78, 5) is 26.1. The Hall–Kier alpha value is -2.93. The number of thioether (sulfide) groups is 1. The number of hydrogen-bond acceptors (Lipinski definition) is 5. The SMILES string of the molecule is CC(c1ccccc1)n1cnnc1SCCN1C(=O)c2ccccc2C1=O. The lowest BCUT2D eigenvalue weighted by Crippen LogP contribution is -2.31. The van der Waals surface area contributed by atoms with E-state index >= 15 is 0 Å². The van der Waals surface area contributed by atoms with Crippen LogP contribution in [0.2, 0.25) is 0 Å². The van der Waals surface area contributed by atoms with Crippen molar-refractivity contribution in [1.29, 1.82) is 0 Å². The highest BCUT2D eigenvalue weighted by Crippen LogP contribution is 2.26. The Kier molecular flexibility index (Phi) is 4.77. The van der Waals surface area contributed by atoms with Crippen LogP contribution in [0.15, 0.2) is 66.1 Å². The third kappa shape index (κ3) is 3.26. The van der Waals surface area contributed by atoms with Gasteiger partial charge in [0.25, 0.3) is 11.8 Å². The number of amides is 2. The van der Waals surface area contributed by atoms with Gasteiger partial charge in [-0.3, -0.25) is 14.5 Å². The van der Waals surface area contributed by atoms with E-state index in [-0.39, 0.29) is 17.9 Å². The quantitative estimate of drug-likeness (QED) is 0.486. The second-order valence-corrected chi connectivity index (χ2v) is 7.33. The van der Waals surface area contributed by atoms with E-state index in [1.807, 2.05) is 22.8 Å². The van der Waals surface area contributed by atoms with Crippen molar-refractivity contribution >= 4 is 23.6 Å². The zero-order chi connectivity index (χ0) is 18.8. The number of aromatic nitrogens is 3. The predicted octanol–water partition coefficient (Wildman–Crippen LogP) is 3.28. The van der Waals surface area contributed by atoms with Crippen LogP contribution >= 0.6 is 11.8 Å². The number of hydrogen-bond donors (Lipinski definition) is 0. The molecule has 1 aromatic heterocycles. The van der Waals surface area contributed by atoms with Gasteiger partial charge in [-0.2, -0.15) is 0 Å². The molecule has 0 fully saturated rings. The topological polar surface area (TPSA) is 68.1 Å². The van der Waals surface area contributed by atoms with Crippen LogP contribution in [0.3, 0.4) is 0 Å². The fraction of sp³-hybridized carbons (Fsp3) is 0.200. The van der Waals surface area contributed by atoms with Crippen LogP contribution in [0.5, 0.6) is 0 Å². The Morgan fingerprint density at radius 2 is 1.59 bits per heavy atom. The molecule has 0 saturated heterocycles. The molecular weight excluding hydrogens is 360 g/mol. The number of carbonyl (C=O) groups is 2. The molecule has 1 unspecified atom stereocenters. The summed E-state index contributed by atoms with van der Waals surface area (Å²) < 4.78 is 2.00. The van der Waals surface area contributed by atoms with Crippen molar-refractivity contribution in [1.82, 2.24) is 19.7 Å². The van der Waals surface area contributed by atoms with Crippen molar-refractivity contribution < 1.29 is 9.59 Å². The van der Waals surface area contributed by atoms with Gasteiger partial charge in [0.2, 0.25) is 0 Å². The molecule has 1 atom stereocenters. The third-order valence-electron chi connectivity index (χ3n) is 4.66. The Bertz CT molecular complexity index is 951. The molecule has 1 aliphatic heterocycles. The van der Waals surface area contributed by atoms with Crippen LogP contribution in [0, 0.1) is 0 Å². The summed E-state index contributed by atoms with van der Waals surface area (Å²) in [5.41, 5.74) is 2.13. The van der Waals surface area contributed by atoms with E-state index in [9.17, 15) is 9.59 Å². The van der Waals surface area contributed by atoms with E-state index in [4.69, 9.17) is 0 Å². The van der Waals surface area contributed by atoms with Crippen molar-refractivity contribution in [3.05, 3.63) is 77.6 Å². The van der Waals surface area contributed by atoms with Gasteiger partial charge < -0.3 is 4.57 Å². The Balaban J connectivity index is 1.42. The van der Waals surface area contributed by atoms with E-state index in [1.165, 1.54) is 22.2 Å². The maximum Gasteiger partial charge on any atom is 0.261 e. The van der Waals surface area contributed by atoms with Crippen LogP contribution in [0.25, 0.3) is 0 Å². The number of imide groups is 1. The molecule has 3 aromatic rings. The number of fused-ring (bicyclic) bond motifs is 1. The molecule has 2 amide bonds. The molecule has 7 heteroatoms. The standard InChI is InChI=1S/C20H18N4O2S/c1-14(15-7-3-2-4-8-15)24-13-21-22-20(24)27-12-11-23-18(25)16-9-5-6-10-17(16)19(23)26/h2-10,13-14H,11-12H2,1H3. The summed E-state index contributed by atoms with van der Waals surface area (Å²) in [6.07, 6.45) is 1.71. The van der Waals surface area contributed by atoms with E-state index in [0.29, 0.717) is 23.4 Å². The summed E-state index contributed by atoms with van der Waals surface area (Å²) in [5, 5.41) is 8.98. The summed E-state index contributed by atoms with van der Waals surface area (Å²) in [5.74, 6) is 0.108. The van der Waals surface area contributed by atoms with Gasteiger partial charge in [-0.15, -0.1) is 10.2 Å². The summed E-state index contributed by atoms with van der Waals surface area (Å²) >= 11 is 1.49. The minimum absolute atomic E-state index is 0.100. The van der Waals surface area contributed by atoms with Crippen molar-refractivity contribution in [3.63, 3.8) is 0 Å². The third-order valence-corrected chi connectivity index (χ3v) is 5.60. The van der Waals surface area contributed by atoms with Crippen LogP contribution in [0.4, 0.5) is 0 Å². The Labute approximate surface area is 161 Å². The maximum atomic E-state index is 12.4. The van der Waals surface area contributed by atoms with Crippen molar-refractivity contribution in [2.24, 2.45) is 0 Å². The molecule has 2 aromatic carbocycles. The second-order valence-electron chi connectivity index (χ2n) is 6.26. The first-order valence-electron chi connectivity index (χ1n) is 8.69. The second kappa shape index (κ2) is 7.36. The number of benzene rings is 2. The smallest absolute Gasteiger partial charge is 0.261 e. The molecule has 1 aliphatic rings. The van der Waals surface area contributed by atoms with Crippen molar-refractivity contribution in [2.75, 3.05) is 12.3 Å². The highest BCUT2D eigenvalue weighted by atomic mass is 32.2. The van der Waals surface area contributed by atoms with Gasteiger partial charge in [0, 0.05) is 12.3 Å². The fourth-order valence-corrected chi connectivity index (χ4v) is 4.08. The molecule has 0 saturated carbocycles. The molecule has 0 aliphatic carbocycles. The molecule has 0 spiro atoms. The molecular formula is C20H18N4O2S. The van der Waals surface area contributed by atoms with Crippen LogP contribution in [-0.4, -0.2) is 43.8 Å². The van der Waals surface area contributed by atoms with Crippen molar-refractivity contribution in [2.45, 2.75) is 18.1 Å². The molecule has 0 N–H and O–H groups in total. The zero-order valence-corrected chi connectivity index (χ0v) is 15.6. The first kappa shape index (κ1) is 17.5. The minimum atomic E-state index is -0.227. The highest BCUT2D eigenvalue weighted by Gasteiger charge is 2.34. The Morgan fingerprint density at radius 3 is 2.26 bits per heavy atom. The predicted molar refractivity (Wildman–Crippen MR) is 103 cm³/mol. The molecule has 136 valence electrons. The zero-order valence-electron chi connectivity index (χ0n) is 14.8. The molecule has 4 rings (SSSR count). The summed E-state index contributed by atoms with van der Waals surface area (Å²) in [6, 6.07) is 17.2. The molecule has 0 radical (unpaired) electrons. The highest BCUT2D eigenvalue weighted by molar-refractivity contribution is 7.99. The average Bonchev–Trinajstić information content (AvgIpc) is 3.27. The van der Waals surface area contributed by atoms with Gasteiger partial charge in [0.05, 0.1) is 17.2 Å². The van der Waals surface area contributed by atoms with Gasteiger partial charge in [0.1, 0.15) is 6.33 Å². The van der Waals surface area contributed by atoms with Gasteiger partial charge >= 0.3 is 0 Å². The summed E-state index contributed by atoms with van der Waals surface area (Å²) in [6.45, 7) is 2.43. The lowest BCUT2D eigenvalue weighted by Gasteiger charge is -2.16. The average molecular weight is 378 g/mol. The molecule has 6 nitrogen and oxygen atoms in total. The van der Waals surface area contributed by atoms with Crippen LogP contribution in [-0.2, 0) is 0 Å². The van der Waals surface area contributed by atoms with Crippen LogP contribution in [0.1, 0.15) is 39.2 Å². The fourth-order valence-electron chi connectivity index (χ4n) is 3.16. The van der Waals surface area contributed by atoms with E-state index in [1.54, 1.807) is 30.6 Å². The first-order valence-corrected chi connectivity index (χ1v) is 9.68. The van der Waals surface area contributed by atoms with E-state index in [2.05, 4.69) is 29.3 Å². The normalized spacial score (nSPS) is 14.5. The van der Waals surface area contributed by atoms with Gasteiger partial charge in [0.15, 0.2) is 5.16 Å².